The number of ether oxygens (including phenoxy) is 1. The lowest BCUT2D eigenvalue weighted by Gasteiger charge is -2.15. The highest BCUT2D eigenvalue weighted by molar-refractivity contribution is 6.73. The summed E-state index contributed by atoms with van der Waals surface area (Å²) in [7, 11) is 1.07. The number of rotatable bonds is 2. The van der Waals surface area contributed by atoms with E-state index in [1.807, 2.05) is 0 Å². The van der Waals surface area contributed by atoms with Crippen molar-refractivity contribution >= 4 is 30.0 Å². The highest BCUT2D eigenvalue weighted by Gasteiger charge is 2.27. The highest BCUT2D eigenvalue weighted by atomic mass is 35.5. The average molecular weight is 237 g/mol. The maximum absolute atomic E-state index is 12.3. The van der Waals surface area contributed by atoms with E-state index >= 15 is 0 Å². The van der Waals surface area contributed by atoms with Crippen molar-refractivity contribution in [2.24, 2.45) is 0 Å². The van der Waals surface area contributed by atoms with Crippen LogP contribution in [0, 0.1) is 0 Å². The Morgan fingerprint density at radius 3 is 2.47 bits per heavy atom. The van der Waals surface area contributed by atoms with Gasteiger partial charge in [-0.25, -0.2) is 4.79 Å². The van der Waals surface area contributed by atoms with E-state index in [1.165, 1.54) is 0 Å². The summed E-state index contributed by atoms with van der Waals surface area (Å²) in [5.74, 6) is -0.887. The second kappa shape index (κ2) is 4.14. The van der Waals surface area contributed by atoms with Gasteiger partial charge < -0.3 is 17.7 Å². The molecule has 0 spiro atoms. The molecule has 15 heavy (non-hydrogen) atoms. The van der Waals surface area contributed by atoms with Crippen LogP contribution in [0.2, 0.25) is 5.02 Å². The predicted octanol–water partition coefficient (Wildman–Crippen LogP) is 2.18. The maximum atomic E-state index is 12.3. The van der Waals surface area contributed by atoms with Gasteiger partial charge in [-0.05, 0) is 6.07 Å². The van der Waals surface area contributed by atoms with Gasteiger partial charge in [-0.1, -0.05) is 23.7 Å². The molecule has 1 aromatic rings. The Labute approximate surface area is 89.0 Å². The first kappa shape index (κ1) is 11.9. The summed E-state index contributed by atoms with van der Waals surface area (Å²) in [4.78, 5) is 11.0. The number of benzene rings is 1. The zero-order valence-electron chi connectivity index (χ0n) is 7.64. The molecule has 0 aliphatic heterocycles. The third-order valence-electron chi connectivity index (χ3n) is 1.77. The monoisotopic (exact) mass is 237 g/mol. The van der Waals surface area contributed by atoms with Crippen LogP contribution in [0.5, 0.6) is 0 Å². The standard InChI is InChI=1S/C8H6BClF3O2/c1-15-8(14)6-4-5(9(11,12)13)2-3-7(6)10/h2-4H,1H3/q-1. The summed E-state index contributed by atoms with van der Waals surface area (Å²) >= 11 is 5.56. The third kappa shape index (κ3) is 2.65. The molecule has 1 aromatic carbocycles. The van der Waals surface area contributed by atoms with Gasteiger partial charge in [0, 0.05) is 0 Å². The predicted molar refractivity (Wildman–Crippen MR) is 51.5 cm³/mol. The minimum Gasteiger partial charge on any atom is -0.465 e. The molecule has 82 valence electrons. The number of halogens is 4. The van der Waals surface area contributed by atoms with Crippen molar-refractivity contribution in [2.75, 3.05) is 7.11 Å². The van der Waals surface area contributed by atoms with Gasteiger partial charge in [-0.15, -0.1) is 5.46 Å². The first-order valence-electron chi connectivity index (χ1n) is 3.94. The van der Waals surface area contributed by atoms with Crippen LogP contribution in [0.4, 0.5) is 12.9 Å². The molecule has 0 aliphatic rings. The Hall–Kier alpha value is -1.17. The normalized spacial score (nSPS) is 11.3. The summed E-state index contributed by atoms with van der Waals surface area (Å²) < 4.78 is 41.3. The van der Waals surface area contributed by atoms with Crippen LogP contribution in [0.1, 0.15) is 10.4 Å². The van der Waals surface area contributed by atoms with Crippen molar-refractivity contribution in [2.45, 2.75) is 0 Å². The zero-order valence-corrected chi connectivity index (χ0v) is 8.39. The van der Waals surface area contributed by atoms with Crippen molar-refractivity contribution < 1.29 is 22.5 Å². The molecular weight excluding hydrogens is 231 g/mol. The van der Waals surface area contributed by atoms with Crippen LogP contribution in [-0.4, -0.2) is 20.1 Å². The molecule has 0 heterocycles. The third-order valence-corrected chi connectivity index (χ3v) is 2.10. The molecule has 0 N–H and O–H groups in total. The van der Waals surface area contributed by atoms with Crippen molar-refractivity contribution in [1.82, 2.24) is 0 Å². The largest absolute Gasteiger partial charge is 0.509 e. The number of methoxy groups -OCH3 is 1. The van der Waals surface area contributed by atoms with Crippen molar-refractivity contribution in [1.29, 1.82) is 0 Å². The van der Waals surface area contributed by atoms with Gasteiger partial charge in [0.2, 0.25) is 0 Å². The Balaban J connectivity index is 3.23. The van der Waals surface area contributed by atoms with Crippen LogP contribution in [-0.2, 0) is 4.74 Å². The maximum Gasteiger partial charge on any atom is 0.509 e. The molecule has 0 aliphatic carbocycles. The molecule has 0 saturated heterocycles. The summed E-state index contributed by atoms with van der Waals surface area (Å²) in [5, 5.41) is -0.0642. The Kier molecular flexibility index (Phi) is 3.29. The molecule has 0 unspecified atom stereocenters. The summed E-state index contributed by atoms with van der Waals surface area (Å²) in [5.41, 5.74) is -1.16. The fraction of sp³-hybridized carbons (Fsp3) is 0.125. The summed E-state index contributed by atoms with van der Waals surface area (Å²) in [6.45, 7) is -5.14. The second-order valence-electron chi connectivity index (χ2n) is 2.81. The van der Waals surface area contributed by atoms with Gasteiger partial charge in [-0.2, -0.15) is 0 Å². The van der Waals surface area contributed by atoms with E-state index in [2.05, 4.69) is 4.74 Å². The lowest BCUT2D eigenvalue weighted by Crippen LogP contribution is -2.34. The van der Waals surface area contributed by atoms with Crippen LogP contribution >= 0.6 is 11.6 Å². The molecule has 0 amide bonds. The smallest absolute Gasteiger partial charge is 0.465 e. The van der Waals surface area contributed by atoms with Gasteiger partial charge in [0.05, 0.1) is 17.7 Å². The number of esters is 1. The average Bonchev–Trinajstić information content (AvgIpc) is 2.15. The lowest BCUT2D eigenvalue weighted by atomic mass is 9.79. The number of carbonyl (C=O) groups excluding carboxylic acids is 1. The number of carbonyl (C=O) groups is 1. The molecule has 2 nitrogen and oxygen atoms in total. The van der Waals surface area contributed by atoms with Gasteiger partial charge in [0.25, 0.3) is 0 Å². The minimum absolute atomic E-state index is 0.0642. The van der Waals surface area contributed by atoms with E-state index in [9.17, 15) is 17.7 Å². The Morgan fingerprint density at radius 1 is 1.40 bits per heavy atom. The van der Waals surface area contributed by atoms with Crippen LogP contribution in [0.15, 0.2) is 18.2 Å². The number of hydrogen-bond acceptors (Lipinski definition) is 2. The van der Waals surface area contributed by atoms with Crippen LogP contribution in [0.3, 0.4) is 0 Å². The SMILES string of the molecule is COC(=O)c1cc([B-](F)(F)F)ccc1Cl. The van der Waals surface area contributed by atoms with E-state index in [0.717, 1.165) is 19.2 Å². The second-order valence-corrected chi connectivity index (χ2v) is 3.21. The molecule has 0 saturated carbocycles. The van der Waals surface area contributed by atoms with Crippen LogP contribution < -0.4 is 5.46 Å². The topological polar surface area (TPSA) is 26.3 Å². The minimum atomic E-state index is -5.14. The summed E-state index contributed by atoms with van der Waals surface area (Å²) in [6, 6.07) is 2.54. The van der Waals surface area contributed by atoms with E-state index in [-0.39, 0.29) is 10.6 Å². The van der Waals surface area contributed by atoms with Gasteiger partial charge in [0.15, 0.2) is 0 Å². The van der Waals surface area contributed by atoms with Gasteiger partial charge in [0.1, 0.15) is 0 Å². The molecule has 1 rings (SSSR count). The van der Waals surface area contributed by atoms with Gasteiger partial charge >= 0.3 is 12.9 Å². The van der Waals surface area contributed by atoms with E-state index in [0.29, 0.717) is 6.07 Å². The number of hydrogen-bond donors (Lipinski definition) is 0. The first-order chi connectivity index (χ1) is 6.86. The van der Waals surface area contributed by atoms with Crippen molar-refractivity contribution in [3.8, 4) is 0 Å². The van der Waals surface area contributed by atoms with E-state index < -0.39 is 18.4 Å². The van der Waals surface area contributed by atoms with Crippen molar-refractivity contribution in [3.05, 3.63) is 28.8 Å². The first-order valence-corrected chi connectivity index (χ1v) is 4.31. The quantitative estimate of drug-likeness (QED) is 0.582. The zero-order chi connectivity index (χ0) is 11.6. The molecule has 0 atom stereocenters. The Bertz CT molecular complexity index is 392. The molecule has 7 heteroatoms. The molecule has 0 aromatic heterocycles. The molecule has 0 fully saturated rings. The highest BCUT2D eigenvalue weighted by Crippen LogP contribution is 2.18. The summed E-state index contributed by atoms with van der Waals surface area (Å²) in [6.07, 6.45) is 0. The van der Waals surface area contributed by atoms with E-state index in [4.69, 9.17) is 11.6 Å². The molecule has 0 radical (unpaired) electrons. The van der Waals surface area contributed by atoms with Crippen molar-refractivity contribution in [3.63, 3.8) is 0 Å². The fourth-order valence-electron chi connectivity index (χ4n) is 1.01. The fourth-order valence-corrected chi connectivity index (χ4v) is 1.21. The Morgan fingerprint density at radius 2 is 2.00 bits per heavy atom. The lowest BCUT2D eigenvalue weighted by molar-refractivity contribution is 0.0601. The molecule has 0 bridgehead atoms. The van der Waals surface area contributed by atoms with Crippen LogP contribution in [0.25, 0.3) is 0 Å². The van der Waals surface area contributed by atoms with Gasteiger partial charge in [-0.3, -0.25) is 0 Å². The molecular formula is C8H6BClF3O2-. The van der Waals surface area contributed by atoms with E-state index in [1.54, 1.807) is 0 Å².